The van der Waals surface area contributed by atoms with E-state index in [1.165, 1.54) is 0 Å². The lowest BCUT2D eigenvalue weighted by molar-refractivity contribution is 0.0954. The van der Waals surface area contributed by atoms with Crippen molar-refractivity contribution in [2.24, 2.45) is 4.99 Å². The van der Waals surface area contributed by atoms with E-state index in [2.05, 4.69) is 10.3 Å². The van der Waals surface area contributed by atoms with E-state index >= 15 is 0 Å². The number of amides is 1. The van der Waals surface area contributed by atoms with Crippen molar-refractivity contribution in [3.8, 4) is 0 Å². The average Bonchev–Trinajstić information content (AvgIpc) is 2.50. The monoisotopic (exact) mass is 334 g/mol. The summed E-state index contributed by atoms with van der Waals surface area (Å²) in [5.74, 6) is -0.114. The highest BCUT2D eigenvalue weighted by Crippen LogP contribution is 2.21. The van der Waals surface area contributed by atoms with Gasteiger partial charge in [0.15, 0.2) is 0 Å². The fourth-order valence-corrected chi connectivity index (χ4v) is 2.49. The molecule has 0 spiro atoms. The van der Waals surface area contributed by atoms with Crippen molar-refractivity contribution < 1.29 is 4.79 Å². The number of carbonyl (C=O) groups excluding carboxylic acids is 1. The highest BCUT2D eigenvalue weighted by molar-refractivity contribution is 6.35. The number of aliphatic imine (C=N–C) groups is 1. The zero-order valence-electron chi connectivity index (χ0n) is 12.1. The molecule has 22 heavy (non-hydrogen) atoms. The van der Waals surface area contributed by atoms with Gasteiger partial charge in [0, 0.05) is 28.4 Å². The maximum absolute atomic E-state index is 12.0. The van der Waals surface area contributed by atoms with E-state index in [1.54, 1.807) is 30.5 Å². The third-order valence-electron chi connectivity index (χ3n) is 3.10. The minimum Gasteiger partial charge on any atom is -0.352 e. The fourth-order valence-electron chi connectivity index (χ4n) is 1.99. The molecule has 0 saturated heterocycles. The van der Waals surface area contributed by atoms with E-state index < -0.39 is 0 Å². The third-order valence-corrected chi connectivity index (χ3v) is 3.69. The zero-order valence-corrected chi connectivity index (χ0v) is 13.7. The molecule has 0 aliphatic carbocycles. The Hall–Kier alpha value is -1.84. The maximum atomic E-state index is 12.0. The predicted octanol–water partition coefficient (Wildman–Crippen LogP) is 4.69. The van der Waals surface area contributed by atoms with Crippen LogP contribution in [-0.2, 0) is 6.42 Å². The number of nitrogens with zero attached hydrogens (tertiary/aromatic N) is 1. The quantitative estimate of drug-likeness (QED) is 0.792. The maximum Gasteiger partial charge on any atom is 0.251 e. The van der Waals surface area contributed by atoms with Gasteiger partial charge in [-0.1, -0.05) is 29.3 Å². The van der Waals surface area contributed by atoms with Gasteiger partial charge in [-0.2, -0.15) is 0 Å². The summed E-state index contributed by atoms with van der Waals surface area (Å²) < 4.78 is 0. The van der Waals surface area contributed by atoms with Crippen LogP contribution in [0.1, 0.15) is 22.8 Å². The van der Waals surface area contributed by atoms with Gasteiger partial charge in [0.2, 0.25) is 0 Å². The van der Waals surface area contributed by atoms with E-state index in [4.69, 9.17) is 23.2 Å². The van der Waals surface area contributed by atoms with Crippen LogP contribution in [0.4, 0.5) is 5.69 Å². The highest BCUT2D eigenvalue weighted by atomic mass is 35.5. The Bertz CT molecular complexity index is 682. The van der Waals surface area contributed by atoms with Crippen LogP contribution < -0.4 is 5.32 Å². The van der Waals surface area contributed by atoms with Crippen LogP contribution >= 0.6 is 23.2 Å². The largest absolute Gasteiger partial charge is 0.352 e. The number of nitrogens with one attached hydrogen (secondary N) is 1. The van der Waals surface area contributed by atoms with Gasteiger partial charge in [0.1, 0.15) is 0 Å². The first kappa shape index (κ1) is 16.5. The lowest BCUT2D eigenvalue weighted by Crippen LogP contribution is -2.25. The van der Waals surface area contributed by atoms with Gasteiger partial charge in [-0.05, 0) is 55.3 Å². The average molecular weight is 335 g/mol. The van der Waals surface area contributed by atoms with E-state index in [-0.39, 0.29) is 5.91 Å². The second-order valence-corrected chi connectivity index (χ2v) is 5.52. The molecule has 0 aliphatic heterocycles. The topological polar surface area (TPSA) is 41.5 Å². The molecule has 0 fully saturated rings. The van der Waals surface area contributed by atoms with Gasteiger partial charge >= 0.3 is 0 Å². The molecule has 1 N–H and O–H groups in total. The molecule has 2 rings (SSSR count). The highest BCUT2D eigenvalue weighted by Gasteiger charge is 2.06. The normalized spacial score (nSPS) is 10.9. The molecule has 114 valence electrons. The summed E-state index contributed by atoms with van der Waals surface area (Å²) in [6.45, 7) is 2.36. The van der Waals surface area contributed by atoms with Crippen LogP contribution in [0.2, 0.25) is 10.0 Å². The Morgan fingerprint density at radius 2 is 1.91 bits per heavy atom. The van der Waals surface area contributed by atoms with Gasteiger partial charge in [-0.3, -0.25) is 9.79 Å². The minimum absolute atomic E-state index is 0.114. The molecule has 1 amide bonds. The molecule has 2 aromatic rings. The van der Waals surface area contributed by atoms with Crippen molar-refractivity contribution in [3.63, 3.8) is 0 Å². The predicted molar refractivity (Wildman–Crippen MR) is 92.8 cm³/mol. The second kappa shape index (κ2) is 7.97. The molecule has 0 aromatic heterocycles. The van der Waals surface area contributed by atoms with Gasteiger partial charge < -0.3 is 5.32 Å². The van der Waals surface area contributed by atoms with Crippen molar-refractivity contribution in [1.82, 2.24) is 5.32 Å². The summed E-state index contributed by atoms with van der Waals surface area (Å²) >= 11 is 12.0. The molecule has 0 atom stereocenters. The number of carbonyl (C=O) groups is 1. The summed E-state index contributed by atoms with van der Waals surface area (Å²) in [7, 11) is 0. The molecule has 5 heteroatoms. The first-order chi connectivity index (χ1) is 10.6. The summed E-state index contributed by atoms with van der Waals surface area (Å²) in [5.41, 5.74) is 2.39. The number of benzene rings is 2. The van der Waals surface area contributed by atoms with Crippen molar-refractivity contribution in [2.75, 3.05) is 6.54 Å². The molecular weight excluding hydrogens is 319 g/mol. The molecule has 0 heterocycles. The number of hydrogen-bond donors (Lipinski definition) is 1. The summed E-state index contributed by atoms with van der Waals surface area (Å²) in [6.07, 6.45) is 2.37. The first-order valence-corrected chi connectivity index (χ1v) is 7.66. The van der Waals surface area contributed by atoms with Crippen LogP contribution in [-0.4, -0.2) is 18.7 Å². The smallest absolute Gasteiger partial charge is 0.251 e. The molecule has 0 bridgehead atoms. The first-order valence-electron chi connectivity index (χ1n) is 6.91. The summed E-state index contributed by atoms with van der Waals surface area (Å²) in [6, 6.07) is 12.5. The van der Waals surface area contributed by atoms with Gasteiger partial charge in [0.05, 0.1) is 5.69 Å². The Labute approximate surface area is 140 Å². The summed E-state index contributed by atoms with van der Waals surface area (Å²) in [5, 5.41) is 4.09. The second-order valence-electron chi connectivity index (χ2n) is 4.68. The van der Waals surface area contributed by atoms with Crippen LogP contribution in [0.3, 0.4) is 0 Å². The SMILES string of the molecule is CC=Nc1ccc(C(=O)NCCc2ccc(Cl)cc2Cl)cc1. The van der Waals surface area contributed by atoms with Crippen molar-refractivity contribution >= 4 is 41.0 Å². The minimum atomic E-state index is -0.114. The van der Waals surface area contributed by atoms with Crippen LogP contribution in [0.25, 0.3) is 0 Å². The Balaban J connectivity index is 1.89. The van der Waals surface area contributed by atoms with Gasteiger partial charge in [-0.25, -0.2) is 0 Å². The van der Waals surface area contributed by atoms with E-state index in [9.17, 15) is 4.79 Å². The Morgan fingerprint density at radius 3 is 2.55 bits per heavy atom. The molecule has 0 unspecified atom stereocenters. The van der Waals surface area contributed by atoms with Crippen molar-refractivity contribution in [3.05, 3.63) is 63.6 Å². The Morgan fingerprint density at radius 1 is 1.18 bits per heavy atom. The molecular formula is C17H16Cl2N2O. The van der Waals surface area contributed by atoms with Crippen LogP contribution in [0.15, 0.2) is 47.5 Å². The molecule has 0 saturated carbocycles. The summed E-state index contributed by atoms with van der Waals surface area (Å²) in [4.78, 5) is 16.2. The molecule has 2 aromatic carbocycles. The van der Waals surface area contributed by atoms with Crippen molar-refractivity contribution in [1.29, 1.82) is 0 Å². The van der Waals surface area contributed by atoms with Gasteiger partial charge in [-0.15, -0.1) is 0 Å². The molecule has 3 nitrogen and oxygen atoms in total. The molecule has 0 radical (unpaired) electrons. The fraction of sp³-hybridized carbons (Fsp3) is 0.176. The standard InChI is InChI=1S/C17H16Cl2N2O/c1-2-20-15-7-4-13(5-8-15)17(22)21-10-9-12-3-6-14(18)11-16(12)19/h2-8,11H,9-10H2,1H3,(H,21,22). The molecule has 0 aliphatic rings. The van der Waals surface area contributed by atoms with Crippen LogP contribution in [0, 0.1) is 0 Å². The van der Waals surface area contributed by atoms with Gasteiger partial charge in [0.25, 0.3) is 5.91 Å². The van der Waals surface area contributed by atoms with Crippen molar-refractivity contribution in [2.45, 2.75) is 13.3 Å². The lowest BCUT2D eigenvalue weighted by atomic mass is 10.1. The van der Waals surface area contributed by atoms with E-state index in [0.29, 0.717) is 28.6 Å². The Kier molecular flexibility index (Phi) is 5.99. The van der Waals surface area contributed by atoms with E-state index in [1.807, 2.05) is 25.1 Å². The number of rotatable bonds is 5. The lowest BCUT2D eigenvalue weighted by Gasteiger charge is -2.07. The van der Waals surface area contributed by atoms with Crippen LogP contribution in [0.5, 0.6) is 0 Å². The number of halogens is 2. The number of hydrogen-bond acceptors (Lipinski definition) is 2. The zero-order chi connectivity index (χ0) is 15.9. The van der Waals surface area contributed by atoms with E-state index in [0.717, 1.165) is 11.3 Å². The third kappa shape index (κ3) is 4.58.